The fourth-order valence-electron chi connectivity index (χ4n) is 2.48. The van der Waals surface area contributed by atoms with E-state index in [1.165, 1.54) is 5.69 Å². The lowest BCUT2D eigenvalue weighted by molar-refractivity contribution is 0.466. The van der Waals surface area contributed by atoms with Crippen LogP contribution in [0.5, 0.6) is 0 Å². The van der Waals surface area contributed by atoms with E-state index < -0.39 is 0 Å². The molecular weight excluding hydrogens is 445 g/mol. The summed E-state index contributed by atoms with van der Waals surface area (Å²) in [5.41, 5.74) is 2.30. The first-order chi connectivity index (χ1) is 11.5. The Kier molecular flexibility index (Phi) is 9.20. The average molecular weight is 473 g/mol. The van der Waals surface area contributed by atoms with E-state index in [0.717, 1.165) is 29.8 Å². The SMILES string of the molecule is CN=C(NCC(C)N(C)c1ccccc1)N(C)Cc1csc(C)n1.I. The van der Waals surface area contributed by atoms with Crippen LogP contribution in [0.1, 0.15) is 17.6 Å². The van der Waals surface area contributed by atoms with Gasteiger partial charge in [-0.2, -0.15) is 0 Å². The third-order valence-electron chi connectivity index (χ3n) is 4.02. The summed E-state index contributed by atoms with van der Waals surface area (Å²) >= 11 is 1.68. The number of guanidine groups is 1. The normalized spacial score (nSPS) is 12.3. The Morgan fingerprint density at radius 1 is 1.28 bits per heavy atom. The number of nitrogens with one attached hydrogen (secondary N) is 1. The van der Waals surface area contributed by atoms with Crippen molar-refractivity contribution in [3.63, 3.8) is 0 Å². The van der Waals surface area contributed by atoms with Crippen LogP contribution in [0.3, 0.4) is 0 Å². The van der Waals surface area contributed by atoms with E-state index in [9.17, 15) is 0 Å². The van der Waals surface area contributed by atoms with Crippen molar-refractivity contribution >= 4 is 47.0 Å². The molecule has 2 rings (SSSR count). The Morgan fingerprint density at radius 3 is 2.52 bits per heavy atom. The van der Waals surface area contributed by atoms with Gasteiger partial charge in [0.15, 0.2) is 5.96 Å². The van der Waals surface area contributed by atoms with Crippen molar-refractivity contribution in [2.75, 3.05) is 32.6 Å². The first-order valence-corrected chi connectivity index (χ1v) is 9.00. The Hall–Kier alpha value is -1.35. The Labute approximate surface area is 172 Å². The van der Waals surface area contributed by atoms with Crippen molar-refractivity contribution < 1.29 is 0 Å². The molecule has 1 N–H and O–H groups in total. The minimum Gasteiger partial charge on any atom is -0.370 e. The highest BCUT2D eigenvalue weighted by Gasteiger charge is 2.13. The number of rotatable bonds is 6. The van der Waals surface area contributed by atoms with Crippen LogP contribution in [-0.2, 0) is 6.54 Å². The molecule has 1 aromatic heterocycles. The third-order valence-corrected chi connectivity index (χ3v) is 4.84. The Morgan fingerprint density at radius 2 is 1.96 bits per heavy atom. The monoisotopic (exact) mass is 473 g/mol. The summed E-state index contributed by atoms with van der Waals surface area (Å²) < 4.78 is 0. The number of aromatic nitrogens is 1. The number of nitrogens with zero attached hydrogens (tertiary/aromatic N) is 4. The minimum atomic E-state index is 0. The molecule has 5 nitrogen and oxygen atoms in total. The average Bonchev–Trinajstić information content (AvgIpc) is 3.00. The number of aliphatic imine (C=N–C) groups is 1. The van der Waals surface area contributed by atoms with Gasteiger partial charge in [-0.3, -0.25) is 4.99 Å². The van der Waals surface area contributed by atoms with Crippen LogP contribution in [-0.4, -0.2) is 49.6 Å². The summed E-state index contributed by atoms with van der Waals surface area (Å²) in [5, 5.41) is 6.66. The molecule has 0 radical (unpaired) electrons. The number of aryl methyl sites for hydroxylation is 1. The second kappa shape index (κ2) is 10.6. The van der Waals surface area contributed by atoms with Gasteiger partial charge in [0.1, 0.15) is 0 Å². The summed E-state index contributed by atoms with van der Waals surface area (Å²) in [6.45, 7) is 5.81. The van der Waals surface area contributed by atoms with E-state index >= 15 is 0 Å². The molecule has 138 valence electrons. The molecule has 1 unspecified atom stereocenters. The van der Waals surface area contributed by atoms with Crippen LogP contribution in [0.4, 0.5) is 5.69 Å². The van der Waals surface area contributed by atoms with Crippen molar-refractivity contribution in [1.82, 2.24) is 15.2 Å². The number of likely N-dealkylation sites (N-methyl/N-ethyl adjacent to an activating group) is 1. The molecule has 0 amide bonds. The zero-order valence-corrected chi connectivity index (χ0v) is 18.7. The highest BCUT2D eigenvalue weighted by Crippen LogP contribution is 2.14. The zero-order valence-electron chi connectivity index (χ0n) is 15.6. The number of halogens is 1. The quantitative estimate of drug-likeness (QED) is 0.396. The molecule has 0 spiro atoms. The second-order valence-electron chi connectivity index (χ2n) is 5.94. The van der Waals surface area contributed by atoms with Crippen molar-refractivity contribution in [2.45, 2.75) is 26.4 Å². The molecule has 7 heteroatoms. The number of hydrogen-bond donors (Lipinski definition) is 1. The number of thiazole rings is 1. The summed E-state index contributed by atoms with van der Waals surface area (Å²) in [5.74, 6) is 0.883. The zero-order chi connectivity index (χ0) is 17.5. The lowest BCUT2D eigenvalue weighted by Gasteiger charge is -2.29. The van der Waals surface area contributed by atoms with Gasteiger partial charge < -0.3 is 15.1 Å². The van der Waals surface area contributed by atoms with Crippen molar-refractivity contribution in [2.24, 2.45) is 4.99 Å². The summed E-state index contributed by atoms with van der Waals surface area (Å²) in [6, 6.07) is 10.8. The molecule has 1 heterocycles. The van der Waals surface area contributed by atoms with Crippen LogP contribution in [0.15, 0.2) is 40.7 Å². The number of hydrogen-bond acceptors (Lipinski definition) is 4. The Balaban J connectivity index is 0.00000312. The van der Waals surface area contributed by atoms with Crippen molar-refractivity contribution in [3.05, 3.63) is 46.4 Å². The van der Waals surface area contributed by atoms with E-state index in [-0.39, 0.29) is 24.0 Å². The van der Waals surface area contributed by atoms with Gasteiger partial charge >= 0.3 is 0 Å². The molecule has 1 aromatic carbocycles. The van der Waals surface area contributed by atoms with Crippen molar-refractivity contribution in [3.8, 4) is 0 Å². The van der Waals surface area contributed by atoms with Crippen LogP contribution in [0, 0.1) is 6.92 Å². The van der Waals surface area contributed by atoms with E-state index in [2.05, 4.69) is 68.7 Å². The molecule has 0 bridgehead atoms. The van der Waals surface area contributed by atoms with Gasteiger partial charge in [0.05, 0.1) is 17.2 Å². The fourth-order valence-corrected chi connectivity index (χ4v) is 3.08. The molecular formula is C18H28IN5S. The molecule has 0 saturated heterocycles. The second-order valence-corrected chi connectivity index (χ2v) is 7.00. The predicted molar refractivity (Wildman–Crippen MR) is 119 cm³/mol. The van der Waals surface area contributed by atoms with E-state index in [0.29, 0.717) is 6.04 Å². The minimum absolute atomic E-state index is 0. The van der Waals surface area contributed by atoms with Crippen LogP contribution >= 0.6 is 35.3 Å². The molecule has 0 aliphatic heterocycles. The molecule has 0 aliphatic carbocycles. The Bertz CT molecular complexity index is 658. The maximum Gasteiger partial charge on any atom is 0.193 e. The maximum atomic E-state index is 4.52. The highest BCUT2D eigenvalue weighted by atomic mass is 127. The lowest BCUT2D eigenvalue weighted by atomic mass is 10.2. The predicted octanol–water partition coefficient (Wildman–Crippen LogP) is 3.60. The smallest absolute Gasteiger partial charge is 0.193 e. The molecule has 2 aromatic rings. The molecule has 0 fully saturated rings. The number of benzene rings is 1. The molecule has 25 heavy (non-hydrogen) atoms. The summed E-state index contributed by atoms with van der Waals surface area (Å²) in [4.78, 5) is 13.3. The van der Waals surface area contributed by atoms with Crippen molar-refractivity contribution in [1.29, 1.82) is 0 Å². The van der Waals surface area contributed by atoms with E-state index in [1.54, 1.807) is 11.3 Å². The largest absolute Gasteiger partial charge is 0.370 e. The molecule has 1 atom stereocenters. The topological polar surface area (TPSA) is 43.8 Å². The van der Waals surface area contributed by atoms with Gasteiger partial charge in [0.25, 0.3) is 0 Å². The molecule has 0 aliphatic rings. The van der Waals surface area contributed by atoms with E-state index in [1.807, 2.05) is 27.1 Å². The molecule has 0 saturated carbocycles. The van der Waals surface area contributed by atoms with Crippen LogP contribution in [0.25, 0.3) is 0 Å². The van der Waals surface area contributed by atoms with Gasteiger partial charge in [-0.05, 0) is 26.0 Å². The van der Waals surface area contributed by atoms with Gasteiger partial charge in [-0.1, -0.05) is 18.2 Å². The van der Waals surface area contributed by atoms with Gasteiger partial charge in [-0.25, -0.2) is 4.98 Å². The maximum absolute atomic E-state index is 4.52. The van der Waals surface area contributed by atoms with Gasteiger partial charge in [0, 0.05) is 44.8 Å². The first-order valence-electron chi connectivity index (χ1n) is 8.12. The fraction of sp³-hybridized carbons (Fsp3) is 0.444. The summed E-state index contributed by atoms with van der Waals surface area (Å²) in [7, 11) is 5.97. The summed E-state index contributed by atoms with van der Waals surface area (Å²) in [6.07, 6.45) is 0. The number of para-hydroxylation sites is 1. The first kappa shape index (κ1) is 21.7. The van der Waals surface area contributed by atoms with E-state index in [4.69, 9.17) is 0 Å². The van der Waals surface area contributed by atoms with Gasteiger partial charge in [-0.15, -0.1) is 35.3 Å². The third kappa shape index (κ3) is 6.47. The highest BCUT2D eigenvalue weighted by molar-refractivity contribution is 14.0. The standard InChI is InChI=1S/C18H27N5S.HI/c1-14(23(5)17-9-7-6-8-10-17)11-20-18(19-3)22(4)12-16-13-24-15(2)21-16;/h6-10,13-14H,11-12H2,1-5H3,(H,19,20);1H. The lowest BCUT2D eigenvalue weighted by Crippen LogP contribution is -2.45. The van der Waals surface area contributed by atoms with Gasteiger partial charge in [0.2, 0.25) is 0 Å². The number of anilines is 1. The van der Waals surface area contributed by atoms with Crippen LogP contribution < -0.4 is 10.2 Å². The van der Waals surface area contributed by atoms with Crippen LogP contribution in [0.2, 0.25) is 0 Å².